The molecule has 0 saturated carbocycles. The van der Waals surface area contributed by atoms with Gasteiger partial charge in [-0.2, -0.15) is 5.10 Å². The van der Waals surface area contributed by atoms with E-state index in [1.165, 1.54) is 6.08 Å². The first-order valence-corrected chi connectivity index (χ1v) is 4.37. The molecule has 0 aliphatic rings. The van der Waals surface area contributed by atoms with E-state index in [4.69, 9.17) is 5.73 Å². The second kappa shape index (κ2) is 4.95. The molecule has 0 bridgehead atoms. The van der Waals surface area contributed by atoms with Crippen molar-refractivity contribution in [2.75, 3.05) is 5.32 Å². The lowest BCUT2D eigenvalue weighted by Gasteiger charge is -2.01. The molecule has 0 spiro atoms. The molecule has 1 aromatic rings. The van der Waals surface area contributed by atoms with Gasteiger partial charge in [0.25, 0.3) is 0 Å². The number of allylic oxidation sites excluding steroid dienone is 2. The van der Waals surface area contributed by atoms with Gasteiger partial charge in [0.15, 0.2) is 7.85 Å². The summed E-state index contributed by atoms with van der Waals surface area (Å²) in [6, 6.07) is 0. The van der Waals surface area contributed by atoms with E-state index in [0.717, 1.165) is 5.69 Å². The minimum absolute atomic E-state index is 0.0325. The van der Waals surface area contributed by atoms with E-state index < -0.39 is 0 Å². The number of nitrogens with two attached hydrogens (primary N) is 1. The van der Waals surface area contributed by atoms with Crippen LogP contribution in [0.2, 0.25) is 0 Å². The fourth-order valence-corrected chi connectivity index (χ4v) is 0.857. The SMILES string of the molecule is B/C(N)=C(O)/C=C\C(=C)Nc1cn[nH]c1. The highest BCUT2D eigenvalue weighted by atomic mass is 16.3. The van der Waals surface area contributed by atoms with Crippen LogP contribution in [0.3, 0.4) is 0 Å². The fourth-order valence-electron chi connectivity index (χ4n) is 0.857. The lowest BCUT2D eigenvalue weighted by molar-refractivity contribution is 0.428. The number of hydrogen-bond donors (Lipinski definition) is 4. The Kier molecular flexibility index (Phi) is 3.62. The molecular formula is C9H13BN4O. The molecule has 1 heterocycles. The van der Waals surface area contributed by atoms with Crippen LogP contribution in [0.5, 0.6) is 0 Å². The van der Waals surface area contributed by atoms with Gasteiger partial charge in [-0.05, 0) is 12.2 Å². The number of aromatic amines is 1. The minimum Gasteiger partial charge on any atom is -0.507 e. The Balaban J connectivity index is 2.54. The number of aliphatic hydroxyl groups is 1. The predicted octanol–water partition coefficient (Wildman–Crippen LogP) is 0.210. The van der Waals surface area contributed by atoms with Crippen LogP contribution in [0.1, 0.15) is 0 Å². The van der Waals surface area contributed by atoms with Crippen molar-refractivity contribution in [1.29, 1.82) is 0 Å². The van der Waals surface area contributed by atoms with Crippen molar-refractivity contribution >= 4 is 13.5 Å². The molecule has 1 rings (SSSR count). The summed E-state index contributed by atoms with van der Waals surface area (Å²) in [6.07, 6.45) is 6.43. The normalized spacial score (nSPS) is 12.5. The first kappa shape index (κ1) is 11.0. The van der Waals surface area contributed by atoms with Gasteiger partial charge in [0.2, 0.25) is 0 Å². The van der Waals surface area contributed by atoms with Crippen molar-refractivity contribution in [2.24, 2.45) is 5.73 Å². The highest BCUT2D eigenvalue weighted by Crippen LogP contribution is 2.06. The summed E-state index contributed by atoms with van der Waals surface area (Å²) in [5.41, 5.74) is 7.17. The first-order chi connectivity index (χ1) is 7.09. The second-order valence-electron chi connectivity index (χ2n) is 3.04. The molecule has 0 aromatic carbocycles. The summed E-state index contributed by atoms with van der Waals surface area (Å²) in [4.78, 5) is 0. The van der Waals surface area contributed by atoms with Crippen molar-refractivity contribution in [3.63, 3.8) is 0 Å². The van der Waals surface area contributed by atoms with Crippen LogP contribution in [-0.4, -0.2) is 23.2 Å². The van der Waals surface area contributed by atoms with Gasteiger partial charge in [-0.1, -0.05) is 6.58 Å². The molecule has 0 atom stereocenters. The Morgan fingerprint density at radius 1 is 1.67 bits per heavy atom. The first-order valence-electron chi connectivity index (χ1n) is 4.37. The van der Waals surface area contributed by atoms with Gasteiger partial charge in [-0.25, -0.2) is 0 Å². The number of hydrogen-bond acceptors (Lipinski definition) is 4. The van der Waals surface area contributed by atoms with E-state index in [9.17, 15) is 5.11 Å². The standard InChI is InChI=1S/C9H13BN4O/c1-6(2-3-8(15)9(10)11)14-7-4-12-13-5-7/h2-5,14-15H,1,10-11H2,(H,12,13)/b3-2-,9-8+. The average molecular weight is 204 g/mol. The zero-order valence-corrected chi connectivity index (χ0v) is 8.49. The van der Waals surface area contributed by atoms with Gasteiger partial charge in [0.05, 0.1) is 11.9 Å². The van der Waals surface area contributed by atoms with Crippen LogP contribution >= 0.6 is 0 Å². The number of H-pyrrole nitrogens is 1. The van der Waals surface area contributed by atoms with E-state index in [1.54, 1.807) is 26.3 Å². The highest BCUT2D eigenvalue weighted by Gasteiger charge is 1.94. The third-order valence-corrected chi connectivity index (χ3v) is 1.65. The molecule has 0 aliphatic heterocycles. The van der Waals surface area contributed by atoms with E-state index in [1.807, 2.05) is 0 Å². The van der Waals surface area contributed by atoms with Crippen LogP contribution in [0.25, 0.3) is 0 Å². The summed E-state index contributed by atoms with van der Waals surface area (Å²) < 4.78 is 0. The van der Waals surface area contributed by atoms with Crippen molar-refractivity contribution in [2.45, 2.75) is 0 Å². The molecule has 5 N–H and O–H groups in total. The van der Waals surface area contributed by atoms with Crippen LogP contribution in [0.4, 0.5) is 5.69 Å². The molecule has 0 unspecified atom stereocenters. The number of anilines is 1. The topological polar surface area (TPSA) is 87.0 Å². The zero-order chi connectivity index (χ0) is 11.3. The van der Waals surface area contributed by atoms with E-state index in [0.29, 0.717) is 11.3 Å². The second-order valence-corrected chi connectivity index (χ2v) is 3.04. The fraction of sp³-hybridized carbons (Fsp3) is 0. The van der Waals surface area contributed by atoms with Gasteiger partial charge in [0, 0.05) is 17.5 Å². The number of nitrogens with one attached hydrogen (secondary N) is 2. The van der Waals surface area contributed by atoms with Crippen LogP contribution in [-0.2, 0) is 0 Å². The van der Waals surface area contributed by atoms with Crippen molar-refractivity contribution in [3.05, 3.63) is 48.2 Å². The Morgan fingerprint density at radius 2 is 2.40 bits per heavy atom. The smallest absolute Gasteiger partial charge is 0.165 e. The monoisotopic (exact) mass is 204 g/mol. The Morgan fingerprint density at radius 3 is 2.93 bits per heavy atom. The van der Waals surface area contributed by atoms with E-state index in [-0.39, 0.29) is 5.76 Å². The number of aromatic nitrogens is 2. The van der Waals surface area contributed by atoms with Gasteiger partial charge < -0.3 is 16.2 Å². The molecule has 78 valence electrons. The van der Waals surface area contributed by atoms with E-state index in [2.05, 4.69) is 22.1 Å². The van der Waals surface area contributed by atoms with Gasteiger partial charge in [-0.3, -0.25) is 5.10 Å². The number of rotatable bonds is 4. The number of nitrogens with zero attached hydrogens (tertiary/aromatic N) is 1. The third-order valence-electron chi connectivity index (χ3n) is 1.65. The molecule has 5 nitrogen and oxygen atoms in total. The molecular weight excluding hydrogens is 191 g/mol. The van der Waals surface area contributed by atoms with Crippen molar-refractivity contribution in [1.82, 2.24) is 10.2 Å². The average Bonchev–Trinajstić information content (AvgIpc) is 2.66. The van der Waals surface area contributed by atoms with Crippen molar-refractivity contribution < 1.29 is 5.11 Å². The molecule has 0 saturated heterocycles. The van der Waals surface area contributed by atoms with Crippen LogP contribution in [0, 0.1) is 0 Å². The summed E-state index contributed by atoms with van der Waals surface area (Å²) >= 11 is 0. The Hall–Kier alpha value is -2.11. The zero-order valence-electron chi connectivity index (χ0n) is 8.49. The highest BCUT2D eigenvalue weighted by molar-refractivity contribution is 6.21. The molecule has 0 radical (unpaired) electrons. The summed E-state index contributed by atoms with van der Waals surface area (Å²) in [5.74, 6) is 0.0325. The maximum absolute atomic E-state index is 9.28. The molecule has 0 aliphatic carbocycles. The third kappa shape index (κ3) is 3.64. The lowest BCUT2D eigenvalue weighted by atomic mass is 10.0. The Bertz CT molecular complexity index is 390. The quantitative estimate of drug-likeness (QED) is 0.320. The maximum Gasteiger partial charge on any atom is 0.165 e. The maximum atomic E-state index is 9.28. The molecule has 6 heteroatoms. The van der Waals surface area contributed by atoms with E-state index >= 15 is 0 Å². The van der Waals surface area contributed by atoms with Crippen LogP contribution in [0.15, 0.2) is 48.2 Å². The predicted molar refractivity (Wildman–Crippen MR) is 62.9 cm³/mol. The molecule has 15 heavy (non-hydrogen) atoms. The molecule has 1 aromatic heterocycles. The van der Waals surface area contributed by atoms with Crippen LogP contribution < -0.4 is 11.1 Å². The minimum atomic E-state index is 0.0325. The molecule has 0 amide bonds. The van der Waals surface area contributed by atoms with Gasteiger partial charge in [-0.15, -0.1) is 0 Å². The summed E-state index contributed by atoms with van der Waals surface area (Å²) in [7, 11) is 1.62. The Labute approximate surface area is 88.8 Å². The van der Waals surface area contributed by atoms with Gasteiger partial charge >= 0.3 is 0 Å². The number of aliphatic hydroxyl groups excluding tert-OH is 1. The van der Waals surface area contributed by atoms with Crippen molar-refractivity contribution in [3.8, 4) is 0 Å². The summed E-state index contributed by atoms with van der Waals surface area (Å²) in [6.45, 7) is 3.75. The van der Waals surface area contributed by atoms with Gasteiger partial charge in [0.1, 0.15) is 5.76 Å². The lowest BCUT2D eigenvalue weighted by Crippen LogP contribution is -2.00. The largest absolute Gasteiger partial charge is 0.507 e. The molecule has 0 fully saturated rings. The summed E-state index contributed by atoms with van der Waals surface area (Å²) in [5, 5.41) is 18.7.